The quantitative estimate of drug-likeness (QED) is 0.540. The highest BCUT2D eigenvalue weighted by atomic mass is 16.6. The highest BCUT2D eigenvalue weighted by Crippen LogP contribution is 2.22. The second-order valence-electron chi connectivity index (χ2n) is 3.18. The van der Waals surface area contributed by atoms with Crippen LogP contribution in [-0.4, -0.2) is 12.3 Å². The summed E-state index contributed by atoms with van der Waals surface area (Å²) in [7, 11) is 0. The topological polar surface area (TPSA) is 43.4 Å². The molecule has 1 rings (SSSR count). The molecule has 0 fully saturated rings. The molecule has 0 amide bonds. The number of esters is 1. The molecule has 1 unspecified atom stereocenters. The maximum absolute atomic E-state index is 10.9. The van der Waals surface area contributed by atoms with Crippen molar-refractivity contribution in [1.29, 1.82) is 0 Å². The van der Waals surface area contributed by atoms with E-state index < -0.39 is 11.6 Å². The van der Waals surface area contributed by atoms with E-state index in [1.165, 1.54) is 6.92 Å². The lowest BCUT2D eigenvalue weighted by atomic mass is 9.98. The van der Waals surface area contributed by atoms with E-state index in [0.717, 1.165) is 0 Å². The van der Waals surface area contributed by atoms with Crippen LogP contribution in [0.1, 0.15) is 19.4 Å². The molecule has 0 aromatic heterocycles. The van der Waals surface area contributed by atoms with Gasteiger partial charge in [-0.3, -0.25) is 9.59 Å². The normalized spacial score (nSPS) is 14.1. The highest BCUT2D eigenvalue weighted by Gasteiger charge is 2.29. The van der Waals surface area contributed by atoms with Crippen molar-refractivity contribution in [3.63, 3.8) is 0 Å². The van der Waals surface area contributed by atoms with E-state index in [0.29, 0.717) is 11.8 Å². The summed E-state index contributed by atoms with van der Waals surface area (Å²) in [5, 5.41) is 0. The summed E-state index contributed by atoms with van der Waals surface area (Å²) in [6, 6.07) is 8.92. The number of rotatable bonds is 3. The first-order chi connectivity index (χ1) is 6.58. The van der Waals surface area contributed by atoms with Crippen LogP contribution < -0.4 is 0 Å². The van der Waals surface area contributed by atoms with E-state index in [4.69, 9.17) is 4.74 Å². The molecule has 0 saturated heterocycles. The first-order valence-corrected chi connectivity index (χ1v) is 4.30. The van der Waals surface area contributed by atoms with Crippen LogP contribution in [0.4, 0.5) is 0 Å². The summed E-state index contributed by atoms with van der Waals surface area (Å²) >= 11 is 0. The molecule has 14 heavy (non-hydrogen) atoms. The average Bonchev–Trinajstić information content (AvgIpc) is 2.18. The molecule has 0 saturated carbocycles. The standard InChI is InChI=1S/C11H12O3/c1-9(13)14-11(2,8-12)10-6-4-3-5-7-10/h3-8H,1-2H3. The van der Waals surface area contributed by atoms with Gasteiger partial charge in [0, 0.05) is 12.5 Å². The van der Waals surface area contributed by atoms with Gasteiger partial charge in [0.2, 0.25) is 0 Å². The number of carbonyl (C=O) groups is 2. The molecular weight excluding hydrogens is 180 g/mol. The molecule has 3 heteroatoms. The minimum absolute atomic E-state index is 0.469. The Morgan fingerprint density at radius 2 is 1.93 bits per heavy atom. The van der Waals surface area contributed by atoms with Crippen molar-refractivity contribution in [1.82, 2.24) is 0 Å². The molecule has 1 aromatic rings. The molecule has 1 aromatic carbocycles. The molecule has 0 N–H and O–H groups in total. The minimum Gasteiger partial charge on any atom is -0.447 e. The predicted molar refractivity (Wildman–Crippen MR) is 51.6 cm³/mol. The van der Waals surface area contributed by atoms with Crippen molar-refractivity contribution < 1.29 is 14.3 Å². The van der Waals surface area contributed by atoms with Crippen molar-refractivity contribution >= 4 is 12.3 Å². The lowest BCUT2D eigenvalue weighted by Gasteiger charge is -2.22. The van der Waals surface area contributed by atoms with Crippen LogP contribution in [0.3, 0.4) is 0 Å². The zero-order chi connectivity index (χ0) is 10.6. The Bertz CT molecular complexity index is 332. The van der Waals surface area contributed by atoms with Gasteiger partial charge in [0.15, 0.2) is 11.9 Å². The second-order valence-corrected chi connectivity index (χ2v) is 3.18. The fourth-order valence-electron chi connectivity index (χ4n) is 1.22. The molecule has 0 heterocycles. The average molecular weight is 192 g/mol. The summed E-state index contributed by atoms with van der Waals surface area (Å²) < 4.78 is 4.97. The van der Waals surface area contributed by atoms with Crippen LogP contribution >= 0.6 is 0 Å². The smallest absolute Gasteiger partial charge is 0.303 e. The summed E-state index contributed by atoms with van der Waals surface area (Å²) in [6.07, 6.45) is 0.629. The largest absolute Gasteiger partial charge is 0.447 e. The Kier molecular flexibility index (Phi) is 3.02. The number of benzene rings is 1. The third-order valence-corrected chi connectivity index (χ3v) is 1.93. The Morgan fingerprint density at radius 1 is 1.36 bits per heavy atom. The Balaban J connectivity index is 3.01. The van der Waals surface area contributed by atoms with Crippen molar-refractivity contribution in [3.8, 4) is 0 Å². The van der Waals surface area contributed by atoms with Crippen LogP contribution in [0.15, 0.2) is 30.3 Å². The highest BCUT2D eigenvalue weighted by molar-refractivity contribution is 5.74. The van der Waals surface area contributed by atoms with Gasteiger partial charge in [0.05, 0.1) is 0 Å². The molecular formula is C11H12O3. The summed E-state index contributed by atoms with van der Waals surface area (Å²) in [6.45, 7) is 2.85. The van der Waals surface area contributed by atoms with Crippen LogP contribution in [0, 0.1) is 0 Å². The number of hydrogen-bond acceptors (Lipinski definition) is 3. The van der Waals surface area contributed by atoms with E-state index in [1.54, 1.807) is 31.2 Å². The maximum Gasteiger partial charge on any atom is 0.303 e. The van der Waals surface area contributed by atoms with Gasteiger partial charge in [0.1, 0.15) is 0 Å². The van der Waals surface area contributed by atoms with Gasteiger partial charge < -0.3 is 4.74 Å². The van der Waals surface area contributed by atoms with Crippen LogP contribution in [0.2, 0.25) is 0 Å². The molecule has 0 aliphatic rings. The van der Waals surface area contributed by atoms with E-state index in [-0.39, 0.29) is 0 Å². The van der Waals surface area contributed by atoms with Gasteiger partial charge in [-0.05, 0) is 6.92 Å². The lowest BCUT2D eigenvalue weighted by Crippen LogP contribution is -2.29. The summed E-state index contributed by atoms with van der Waals surface area (Å²) in [5.74, 6) is -0.469. The number of carbonyl (C=O) groups excluding carboxylic acids is 2. The fraction of sp³-hybridized carbons (Fsp3) is 0.273. The van der Waals surface area contributed by atoms with E-state index in [9.17, 15) is 9.59 Å². The third kappa shape index (κ3) is 2.19. The number of ether oxygens (including phenoxy) is 1. The fourth-order valence-corrected chi connectivity index (χ4v) is 1.22. The Morgan fingerprint density at radius 3 is 2.36 bits per heavy atom. The monoisotopic (exact) mass is 192 g/mol. The van der Waals surface area contributed by atoms with Gasteiger partial charge in [0.25, 0.3) is 0 Å². The number of aldehydes is 1. The van der Waals surface area contributed by atoms with Gasteiger partial charge >= 0.3 is 5.97 Å². The lowest BCUT2D eigenvalue weighted by molar-refractivity contribution is -0.159. The molecule has 1 atom stereocenters. The first kappa shape index (κ1) is 10.4. The van der Waals surface area contributed by atoms with Gasteiger partial charge in [-0.2, -0.15) is 0 Å². The number of hydrogen-bond donors (Lipinski definition) is 0. The van der Waals surface area contributed by atoms with E-state index >= 15 is 0 Å². The van der Waals surface area contributed by atoms with Gasteiger partial charge in [-0.25, -0.2) is 0 Å². The molecule has 3 nitrogen and oxygen atoms in total. The third-order valence-electron chi connectivity index (χ3n) is 1.93. The molecule has 74 valence electrons. The zero-order valence-electron chi connectivity index (χ0n) is 8.19. The van der Waals surface area contributed by atoms with Gasteiger partial charge in [-0.1, -0.05) is 30.3 Å². The van der Waals surface area contributed by atoms with Crippen LogP contribution in [0.5, 0.6) is 0 Å². The Hall–Kier alpha value is -1.64. The minimum atomic E-state index is -1.17. The second kappa shape index (κ2) is 4.05. The first-order valence-electron chi connectivity index (χ1n) is 4.30. The van der Waals surface area contributed by atoms with E-state index in [2.05, 4.69) is 0 Å². The zero-order valence-corrected chi connectivity index (χ0v) is 8.19. The molecule has 0 bridgehead atoms. The summed E-state index contributed by atoms with van der Waals surface area (Å²) in [5.41, 5.74) is -0.502. The van der Waals surface area contributed by atoms with Crippen molar-refractivity contribution in [2.24, 2.45) is 0 Å². The van der Waals surface area contributed by atoms with E-state index in [1.807, 2.05) is 6.07 Å². The summed E-state index contributed by atoms with van der Waals surface area (Å²) in [4.78, 5) is 21.7. The van der Waals surface area contributed by atoms with Crippen molar-refractivity contribution in [2.75, 3.05) is 0 Å². The van der Waals surface area contributed by atoms with Crippen LogP contribution in [-0.2, 0) is 19.9 Å². The molecule has 0 radical (unpaired) electrons. The molecule has 0 aliphatic heterocycles. The maximum atomic E-state index is 10.9. The van der Waals surface area contributed by atoms with Gasteiger partial charge in [-0.15, -0.1) is 0 Å². The molecule has 0 spiro atoms. The van der Waals surface area contributed by atoms with Crippen molar-refractivity contribution in [3.05, 3.63) is 35.9 Å². The molecule has 0 aliphatic carbocycles. The Labute approximate surface area is 82.7 Å². The van der Waals surface area contributed by atoms with Crippen molar-refractivity contribution in [2.45, 2.75) is 19.4 Å². The SMILES string of the molecule is CC(=O)OC(C)(C=O)c1ccccc1. The van der Waals surface area contributed by atoms with Crippen LogP contribution in [0.25, 0.3) is 0 Å². The predicted octanol–water partition coefficient (Wildman–Crippen LogP) is 1.66.